The maximum atomic E-state index is 11.9. The van der Waals surface area contributed by atoms with Gasteiger partial charge in [-0.3, -0.25) is 14.9 Å². The van der Waals surface area contributed by atoms with Gasteiger partial charge in [0.05, 0.1) is 23.4 Å². The van der Waals surface area contributed by atoms with Crippen molar-refractivity contribution in [2.45, 2.75) is 6.54 Å². The maximum Gasteiger partial charge on any atom is 0.292 e. The normalized spacial score (nSPS) is 10.4. The van der Waals surface area contributed by atoms with Crippen molar-refractivity contribution in [1.29, 1.82) is 0 Å². The summed E-state index contributed by atoms with van der Waals surface area (Å²) in [6.07, 6.45) is 1.56. The first-order valence-corrected chi connectivity index (χ1v) is 6.16. The molecule has 0 unspecified atom stereocenters. The molecule has 0 saturated carbocycles. The van der Waals surface area contributed by atoms with Crippen LogP contribution in [-0.4, -0.2) is 28.8 Å². The van der Waals surface area contributed by atoms with E-state index in [9.17, 15) is 14.9 Å². The lowest BCUT2D eigenvalue weighted by Gasteiger charge is -2.12. The van der Waals surface area contributed by atoms with Crippen molar-refractivity contribution in [1.82, 2.24) is 9.78 Å². The van der Waals surface area contributed by atoms with Gasteiger partial charge in [0, 0.05) is 26.2 Å². The van der Waals surface area contributed by atoms with E-state index in [1.54, 1.807) is 17.2 Å². The smallest absolute Gasteiger partial charge is 0.292 e. The lowest BCUT2D eigenvalue weighted by atomic mass is 10.2. The molecule has 0 fully saturated rings. The monoisotopic (exact) mass is 289 g/mol. The van der Waals surface area contributed by atoms with E-state index in [1.807, 2.05) is 14.1 Å². The van der Waals surface area contributed by atoms with Crippen LogP contribution >= 0.6 is 0 Å². The van der Waals surface area contributed by atoms with E-state index in [4.69, 9.17) is 5.73 Å². The van der Waals surface area contributed by atoms with Crippen molar-refractivity contribution in [3.8, 4) is 0 Å². The van der Waals surface area contributed by atoms with Crippen molar-refractivity contribution in [2.75, 3.05) is 24.7 Å². The summed E-state index contributed by atoms with van der Waals surface area (Å²) in [6, 6.07) is 5.89. The lowest BCUT2D eigenvalue weighted by molar-refractivity contribution is -0.384. The zero-order valence-corrected chi connectivity index (χ0v) is 11.7. The van der Waals surface area contributed by atoms with E-state index in [0.29, 0.717) is 11.3 Å². The molecule has 0 radical (unpaired) electrons. The minimum atomic E-state index is -0.551. The van der Waals surface area contributed by atoms with Gasteiger partial charge in [-0.2, -0.15) is 5.10 Å². The molecule has 0 saturated heterocycles. The summed E-state index contributed by atoms with van der Waals surface area (Å²) in [7, 11) is 3.62. The highest BCUT2D eigenvalue weighted by atomic mass is 16.6. The second kappa shape index (κ2) is 5.61. The van der Waals surface area contributed by atoms with Crippen LogP contribution in [0.2, 0.25) is 0 Å². The fourth-order valence-electron chi connectivity index (χ4n) is 1.81. The molecule has 2 rings (SSSR count). The summed E-state index contributed by atoms with van der Waals surface area (Å²) < 4.78 is 1.24. The molecule has 0 aliphatic carbocycles. The number of aromatic nitrogens is 2. The number of hydrogen-bond acceptors (Lipinski definition) is 6. The Balaban J connectivity index is 2.32. The number of nitro benzene ring substituents is 1. The molecular formula is C13H15N5O3. The Labute approximate surface area is 120 Å². The number of rotatable bonds is 4. The van der Waals surface area contributed by atoms with Crippen molar-refractivity contribution in [3.63, 3.8) is 0 Å². The molecular weight excluding hydrogens is 274 g/mol. The Morgan fingerprint density at radius 3 is 2.67 bits per heavy atom. The van der Waals surface area contributed by atoms with E-state index >= 15 is 0 Å². The van der Waals surface area contributed by atoms with Crippen LogP contribution in [0.25, 0.3) is 0 Å². The Morgan fingerprint density at radius 2 is 2.10 bits per heavy atom. The predicted molar refractivity (Wildman–Crippen MR) is 79.4 cm³/mol. The second-order valence-electron chi connectivity index (χ2n) is 4.75. The van der Waals surface area contributed by atoms with Crippen LogP contribution in [0.15, 0.2) is 35.3 Å². The van der Waals surface area contributed by atoms with Gasteiger partial charge in [0.2, 0.25) is 0 Å². The fraction of sp³-hybridized carbons (Fsp3) is 0.231. The zero-order valence-electron chi connectivity index (χ0n) is 11.7. The van der Waals surface area contributed by atoms with E-state index < -0.39 is 4.92 Å². The number of nitro groups is 1. The Hall–Kier alpha value is -2.90. The number of hydrogen-bond donors (Lipinski definition) is 1. The lowest BCUT2D eigenvalue weighted by Crippen LogP contribution is -2.24. The fourth-order valence-corrected chi connectivity index (χ4v) is 1.81. The minimum absolute atomic E-state index is 0.0898. The Kier molecular flexibility index (Phi) is 3.88. The largest absolute Gasteiger partial charge is 0.393 e. The SMILES string of the molecule is CN(C)c1cnn(Cc2ccc(N)c([N+](=O)[O-])c2)c(=O)c1. The van der Waals surface area contributed by atoms with Crippen LogP contribution in [0.1, 0.15) is 5.56 Å². The van der Waals surface area contributed by atoms with Gasteiger partial charge < -0.3 is 10.6 Å². The molecule has 0 spiro atoms. The highest BCUT2D eigenvalue weighted by Gasteiger charge is 2.12. The summed E-state index contributed by atoms with van der Waals surface area (Å²) in [6.45, 7) is 0.146. The topological polar surface area (TPSA) is 107 Å². The molecule has 8 heteroatoms. The van der Waals surface area contributed by atoms with E-state index in [0.717, 1.165) is 0 Å². The molecule has 2 aromatic rings. The van der Waals surface area contributed by atoms with Gasteiger partial charge in [-0.1, -0.05) is 6.07 Å². The second-order valence-corrected chi connectivity index (χ2v) is 4.75. The van der Waals surface area contributed by atoms with Crippen molar-refractivity contribution < 1.29 is 4.92 Å². The first kappa shape index (κ1) is 14.5. The first-order valence-electron chi connectivity index (χ1n) is 6.16. The third-order valence-electron chi connectivity index (χ3n) is 3.00. The molecule has 110 valence electrons. The molecule has 1 heterocycles. The van der Waals surface area contributed by atoms with Crippen LogP contribution in [0, 0.1) is 10.1 Å². The standard InChI is InChI=1S/C13H15N5O3/c1-16(2)10-6-13(19)17(15-7-10)8-9-3-4-11(14)12(5-9)18(20)21/h3-7H,8,14H2,1-2H3. The quantitative estimate of drug-likeness (QED) is 0.508. The Morgan fingerprint density at radius 1 is 1.38 bits per heavy atom. The molecule has 0 amide bonds. The van der Waals surface area contributed by atoms with Crippen molar-refractivity contribution in [2.24, 2.45) is 0 Å². The predicted octanol–water partition coefficient (Wildman–Crippen LogP) is 0.848. The van der Waals surface area contributed by atoms with Gasteiger partial charge in [-0.15, -0.1) is 0 Å². The van der Waals surface area contributed by atoms with Crippen LogP contribution in [0.3, 0.4) is 0 Å². The molecule has 1 aromatic carbocycles. The number of nitrogen functional groups attached to an aromatic ring is 1. The third-order valence-corrected chi connectivity index (χ3v) is 3.00. The van der Waals surface area contributed by atoms with Crippen LogP contribution in [0.4, 0.5) is 17.1 Å². The Bertz CT molecular complexity index is 739. The van der Waals surface area contributed by atoms with Gasteiger partial charge in [-0.25, -0.2) is 4.68 Å². The number of nitrogens with two attached hydrogens (primary N) is 1. The highest BCUT2D eigenvalue weighted by Crippen LogP contribution is 2.22. The summed E-state index contributed by atoms with van der Waals surface area (Å²) >= 11 is 0. The highest BCUT2D eigenvalue weighted by molar-refractivity contribution is 5.59. The van der Waals surface area contributed by atoms with E-state index in [2.05, 4.69) is 5.10 Å². The van der Waals surface area contributed by atoms with Crippen LogP contribution in [0.5, 0.6) is 0 Å². The van der Waals surface area contributed by atoms with Crippen LogP contribution < -0.4 is 16.2 Å². The average Bonchev–Trinajstić information content (AvgIpc) is 2.42. The van der Waals surface area contributed by atoms with E-state index in [-0.39, 0.29) is 23.5 Å². The number of nitrogens with zero attached hydrogens (tertiary/aromatic N) is 4. The molecule has 21 heavy (non-hydrogen) atoms. The summed E-state index contributed by atoms with van der Waals surface area (Å²) in [4.78, 5) is 24.0. The molecule has 0 aliphatic heterocycles. The van der Waals surface area contributed by atoms with Crippen LogP contribution in [-0.2, 0) is 6.54 Å². The molecule has 0 bridgehead atoms. The van der Waals surface area contributed by atoms with Gasteiger partial charge in [-0.05, 0) is 11.6 Å². The maximum absolute atomic E-state index is 11.9. The number of benzene rings is 1. The van der Waals surface area contributed by atoms with Crippen molar-refractivity contribution >= 4 is 17.1 Å². The molecule has 0 aliphatic rings. The molecule has 2 N–H and O–H groups in total. The molecule has 8 nitrogen and oxygen atoms in total. The van der Waals surface area contributed by atoms with Crippen molar-refractivity contribution in [3.05, 3.63) is 56.5 Å². The van der Waals surface area contributed by atoms with Gasteiger partial charge in [0.1, 0.15) is 5.69 Å². The van der Waals surface area contributed by atoms with Gasteiger partial charge in [0.25, 0.3) is 11.2 Å². The summed E-state index contributed by atoms with van der Waals surface area (Å²) in [5, 5.41) is 14.9. The zero-order chi connectivity index (χ0) is 15.6. The summed E-state index contributed by atoms with van der Waals surface area (Å²) in [5.41, 5.74) is 6.45. The first-order chi connectivity index (χ1) is 9.88. The third kappa shape index (κ3) is 3.16. The average molecular weight is 289 g/mol. The molecule has 0 atom stereocenters. The minimum Gasteiger partial charge on any atom is -0.393 e. The summed E-state index contributed by atoms with van der Waals surface area (Å²) in [5.74, 6) is 0. The number of anilines is 2. The van der Waals surface area contributed by atoms with Gasteiger partial charge in [0.15, 0.2) is 0 Å². The van der Waals surface area contributed by atoms with Gasteiger partial charge >= 0.3 is 0 Å². The van der Waals surface area contributed by atoms with E-state index in [1.165, 1.54) is 22.9 Å². The molecule has 1 aromatic heterocycles.